The highest BCUT2D eigenvalue weighted by Crippen LogP contribution is 2.42. The van der Waals surface area contributed by atoms with Crippen LogP contribution in [0.3, 0.4) is 0 Å². The summed E-state index contributed by atoms with van der Waals surface area (Å²) < 4.78 is 5.26. The van der Waals surface area contributed by atoms with Crippen LogP contribution in [0.5, 0.6) is 0 Å². The maximum Gasteiger partial charge on any atom is 0.407 e. The van der Waals surface area contributed by atoms with Crippen molar-refractivity contribution in [3.05, 3.63) is 12.2 Å². The molecule has 3 N–H and O–H groups in total. The van der Waals surface area contributed by atoms with Crippen molar-refractivity contribution in [2.75, 3.05) is 6.54 Å². The van der Waals surface area contributed by atoms with Crippen molar-refractivity contribution < 1.29 is 14.7 Å². The molecule has 0 heterocycles. The summed E-state index contributed by atoms with van der Waals surface area (Å²) in [5.74, 6) is 0. The minimum atomic E-state index is -0.515. The van der Waals surface area contributed by atoms with Crippen LogP contribution in [0.15, 0.2) is 12.2 Å². The molecule has 0 aromatic rings. The minimum absolute atomic E-state index is 0.147. The molecule has 2 unspecified atom stereocenters. The number of hydrogen-bond donors (Lipinski definition) is 3. The summed E-state index contributed by atoms with van der Waals surface area (Å²) >= 11 is 0. The molecule has 1 aliphatic carbocycles. The summed E-state index contributed by atoms with van der Waals surface area (Å²) in [7, 11) is 0. The Balaban J connectivity index is 2.56. The van der Waals surface area contributed by atoms with Gasteiger partial charge in [0.1, 0.15) is 5.60 Å². The molecule has 0 aromatic heterocycles. The Labute approximate surface area is 121 Å². The van der Waals surface area contributed by atoms with Crippen LogP contribution in [0.1, 0.15) is 53.4 Å². The van der Waals surface area contributed by atoms with Crippen LogP contribution < -0.4 is 10.8 Å². The van der Waals surface area contributed by atoms with Gasteiger partial charge < -0.3 is 15.3 Å². The fourth-order valence-corrected chi connectivity index (χ4v) is 2.64. The highest BCUT2D eigenvalue weighted by atomic mass is 16.6. The predicted molar refractivity (Wildman–Crippen MR) is 78.7 cm³/mol. The maximum atomic E-state index is 11.8. The van der Waals surface area contributed by atoms with Gasteiger partial charge in [0.25, 0.3) is 0 Å². The Morgan fingerprint density at radius 2 is 2.15 bits per heavy atom. The van der Waals surface area contributed by atoms with E-state index in [-0.39, 0.29) is 11.5 Å². The minimum Gasteiger partial charge on any atom is -0.444 e. The van der Waals surface area contributed by atoms with Crippen LogP contribution in [0.2, 0.25) is 0 Å². The van der Waals surface area contributed by atoms with E-state index in [2.05, 4.69) is 29.9 Å². The number of nitrogens with one attached hydrogen (secondary N) is 2. The van der Waals surface area contributed by atoms with Crippen molar-refractivity contribution in [1.29, 1.82) is 0 Å². The predicted octanol–water partition coefficient (Wildman–Crippen LogP) is 3.00. The summed E-state index contributed by atoms with van der Waals surface area (Å²) in [6.07, 6.45) is 8.00. The first kappa shape index (κ1) is 17.0. The van der Waals surface area contributed by atoms with Crippen LogP contribution >= 0.6 is 0 Å². The summed E-state index contributed by atoms with van der Waals surface area (Å²) in [4.78, 5) is 11.8. The zero-order valence-corrected chi connectivity index (χ0v) is 13.0. The molecule has 0 radical (unpaired) electrons. The van der Waals surface area contributed by atoms with E-state index in [1.807, 2.05) is 20.8 Å². The lowest BCUT2D eigenvalue weighted by Crippen LogP contribution is -2.47. The Bertz CT molecular complexity index is 350. The summed E-state index contributed by atoms with van der Waals surface area (Å²) in [6.45, 7) is 7.98. The van der Waals surface area contributed by atoms with E-state index in [1.165, 1.54) is 0 Å². The van der Waals surface area contributed by atoms with E-state index < -0.39 is 11.7 Å². The molecule has 0 bridgehead atoms. The lowest BCUT2D eigenvalue weighted by molar-refractivity contribution is 0.0469. The first-order chi connectivity index (χ1) is 9.30. The number of carbonyl (C=O) groups excluding carboxylic acids is 1. The van der Waals surface area contributed by atoms with Gasteiger partial charge >= 0.3 is 6.09 Å². The molecule has 116 valence electrons. The second kappa shape index (κ2) is 7.09. The van der Waals surface area contributed by atoms with E-state index >= 15 is 0 Å². The standard InChI is InChI=1S/C15H28N2O3/c1-5-7-15(8-6-9-15)10-12(11-16-19)17-13(18)20-14(2,3)4/h6,8,12,16,19H,5,7,9-11H2,1-4H3,(H,17,18). The smallest absolute Gasteiger partial charge is 0.407 e. The molecule has 0 saturated carbocycles. The quantitative estimate of drug-likeness (QED) is 0.496. The highest BCUT2D eigenvalue weighted by molar-refractivity contribution is 5.68. The van der Waals surface area contributed by atoms with Crippen molar-refractivity contribution in [3.8, 4) is 0 Å². The van der Waals surface area contributed by atoms with Crippen LogP contribution in [0.25, 0.3) is 0 Å². The maximum absolute atomic E-state index is 11.8. The third-order valence-corrected chi connectivity index (χ3v) is 3.46. The molecule has 2 atom stereocenters. The topological polar surface area (TPSA) is 70.6 Å². The SMILES string of the molecule is CCCC1(CC(CNO)NC(=O)OC(C)(C)C)C=CC1. The molecule has 1 aliphatic rings. The number of ether oxygens (including phenoxy) is 1. The van der Waals surface area contributed by atoms with E-state index in [4.69, 9.17) is 9.94 Å². The van der Waals surface area contributed by atoms with Gasteiger partial charge in [-0.3, -0.25) is 0 Å². The second-order valence-corrected chi connectivity index (χ2v) is 6.63. The van der Waals surface area contributed by atoms with Gasteiger partial charge in [-0.05, 0) is 45.4 Å². The van der Waals surface area contributed by atoms with E-state index in [1.54, 1.807) is 0 Å². The molecule has 0 aliphatic heterocycles. The molecular formula is C15H28N2O3. The van der Waals surface area contributed by atoms with Crippen molar-refractivity contribution in [1.82, 2.24) is 10.8 Å². The lowest BCUT2D eigenvalue weighted by Gasteiger charge is -2.38. The molecule has 0 aromatic carbocycles. The van der Waals surface area contributed by atoms with Gasteiger partial charge in [-0.15, -0.1) is 0 Å². The zero-order chi connectivity index (χ0) is 15.2. The zero-order valence-electron chi connectivity index (χ0n) is 13.0. The van der Waals surface area contributed by atoms with Crippen LogP contribution in [0, 0.1) is 5.41 Å². The lowest BCUT2D eigenvalue weighted by atomic mass is 9.69. The molecular weight excluding hydrogens is 256 g/mol. The molecule has 1 rings (SSSR count). The van der Waals surface area contributed by atoms with Gasteiger partial charge in [0.15, 0.2) is 0 Å². The fraction of sp³-hybridized carbons (Fsp3) is 0.800. The van der Waals surface area contributed by atoms with Crippen molar-refractivity contribution in [2.24, 2.45) is 5.41 Å². The van der Waals surface area contributed by atoms with E-state index in [0.29, 0.717) is 6.54 Å². The summed E-state index contributed by atoms with van der Waals surface area (Å²) in [6, 6.07) is -0.147. The Morgan fingerprint density at radius 1 is 1.50 bits per heavy atom. The van der Waals surface area contributed by atoms with E-state index in [9.17, 15) is 4.79 Å². The molecule has 0 saturated heterocycles. The number of hydrogen-bond acceptors (Lipinski definition) is 4. The van der Waals surface area contributed by atoms with Crippen molar-refractivity contribution >= 4 is 6.09 Å². The Kier molecular flexibility index (Phi) is 6.02. The highest BCUT2D eigenvalue weighted by Gasteiger charge is 2.34. The fourth-order valence-electron chi connectivity index (χ4n) is 2.64. The Hall–Kier alpha value is -1.07. The number of allylic oxidation sites excluding steroid dienone is 2. The first-order valence-corrected chi connectivity index (χ1v) is 7.34. The first-order valence-electron chi connectivity index (χ1n) is 7.34. The molecule has 0 fully saturated rings. The van der Waals surface area contributed by atoms with Crippen LogP contribution in [0.4, 0.5) is 4.79 Å². The van der Waals surface area contributed by atoms with Crippen LogP contribution in [-0.2, 0) is 4.74 Å². The third-order valence-electron chi connectivity index (χ3n) is 3.46. The number of alkyl carbamates (subject to hydrolysis) is 1. The van der Waals surface area contributed by atoms with Gasteiger partial charge in [0.05, 0.1) is 0 Å². The molecule has 1 amide bonds. The number of rotatable bonds is 7. The molecule has 0 spiro atoms. The van der Waals surface area contributed by atoms with Gasteiger partial charge in [0, 0.05) is 12.6 Å². The average molecular weight is 284 g/mol. The normalized spacial score (nSPS) is 23.1. The number of amides is 1. The molecule has 5 heteroatoms. The summed E-state index contributed by atoms with van der Waals surface area (Å²) in [5.41, 5.74) is 1.80. The third kappa shape index (κ3) is 5.51. The van der Waals surface area contributed by atoms with Gasteiger partial charge in [-0.1, -0.05) is 25.5 Å². The molecule has 5 nitrogen and oxygen atoms in total. The largest absolute Gasteiger partial charge is 0.444 e. The summed E-state index contributed by atoms with van der Waals surface area (Å²) in [5, 5.41) is 11.8. The van der Waals surface area contributed by atoms with Gasteiger partial charge in [0.2, 0.25) is 0 Å². The number of carbonyl (C=O) groups is 1. The second-order valence-electron chi connectivity index (χ2n) is 6.63. The van der Waals surface area contributed by atoms with E-state index in [0.717, 1.165) is 25.7 Å². The average Bonchev–Trinajstić information content (AvgIpc) is 2.23. The number of hydroxylamine groups is 1. The molecule has 20 heavy (non-hydrogen) atoms. The van der Waals surface area contributed by atoms with Crippen LogP contribution in [-0.4, -0.2) is 29.5 Å². The monoisotopic (exact) mass is 284 g/mol. The van der Waals surface area contributed by atoms with Gasteiger partial charge in [-0.25, -0.2) is 10.3 Å². The van der Waals surface area contributed by atoms with Gasteiger partial charge in [-0.2, -0.15) is 0 Å². The van der Waals surface area contributed by atoms with Crippen molar-refractivity contribution in [2.45, 2.75) is 65.0 Å². The van der Waals surface area contributed by atoms with Crippen molar-refractivity contribution in [3.63, 3.8) is 0 Å². The Morgan fingerprint density at radius 3 is 2.55 bits per heavy atom.